The van der Waals surface area contributed by atoms with E-state index in [9.17, 15) is 14.9 Å². The van der Waals surface area contributed by atoms with Gasteiger partial charge in [-0.05, 0) is 77.6 Å². The first-order valence-electron chi connectivity index (χ1n) is 11.2. The van der Waals surface area contributed by atoms with E-state index in [1.165, 1.54) is 61.6 Å². The third kappa shape index (κ3) is 4.90. The summed E-state index contributed by atoms with van der Waals surface area (Å²) in [6, 6.07) is 12.5. The topological polar surface area (TPSA) is 116 Å². The van der Waals surface area contributed by atoms with Crippen molar-refractivity contribution in [3.63, 3.8) is 0 Å². The minimum atomic E-state index is -0.502. The summed E-state index contributed by atoms with van der Waals surface area (Å²) in [6.45, 7) is 0. The summed E-state index contributed by atoms with van der Waals surface area (Å²) < 4.78 is 1.75. The summed E-state index contributed by atoms with van der Waals surface area (Å²) in [7, 11) is 0. The van der Waals surface area contributed by atoms with E-state index in [0.717, 1.165) is 12.8 Å². The molecule has 0 spiro atoms. The van der Waals surface area contributed by atoms with Crippen molar-refractivity contribution in [2.45, 2.75) is 67.0 Å². The monoisotopic (exact) mass is 466 g/mol. The number of rotatable bonds is 7. The number of nitrogens with zero attached hydrogens (tertiary/aromatic N) is 5. The lowest BCUT2D eigenvalue weighted by molar-refractivity contribution is -0.384. The Balaban J connectivity index is 0.00000274. The number of nitro groups is 1. The lowest BCUT2D eigenvalue weighted by Crippen LogP contribution is -2.14. The molecule has 1 amide bonds. The molecule has 33 heavy (non-hydrogen) atoms. The van der Waals surface area contributed by atoms with E-state index in [4.69, 9.17) is 0 Å². The number of carbonyl (C=O) groups is 1. The molecule has 5 rings (SSSR count). The normalized spacial score (nSPS) is 16.5. The number of anilines is 1. The lowest BCUT2D eigenvalue weighted by atomic mass is 9.84. The molecule has 2 saturated carbocycles. The van der Waals surface area contributed by atoms with Crippen LogP contribution in [-0.2, 0) is 0 Å². The van der Waals surface area contributed by atoms with E-state index in [-0.39, 0.29) is 18.7 Å². The minimum absolute atomic E-state index is 0. The van der Waals surface area contributed by atoms with Gasteiger partial charge >= 0.3 is 0 Å². The number of hydrogen-bond donors (Lipinski definition) is 1. The highest BCUT2D eigenvalue weighted by molar-refractivity contribution is 7.99. The van der Waals surface area contributed by atoms with E-state index in [0.29, 0.717) is 21.7 Å². The largest absolute Gasteiger partial charge is 0.322 e. The van der Waals surface area contributed by atoms with Crippen LogP contribution in [0.3, 0.4) is 0 Å². The van der Waals surface area contributed by atoms with Crippen molar-refractivity contribution >= 4 is 29.0 Å². The predicted octanol–water partition coefficient (Wildman–Crippen LogP) is 5.61. The molecule has 3 aromatic rings. The van der Waals surface area contributed by atoms with E-state index in [1.807, 2.05) is 12.1 Å². The lowest BCUT2D eigenvalue weighted by Gasteiger charge is -2.22. The zero-order valence-corrected chi connectivity index (χ0v) is 18.8. The van der Waals surface area contributed by atoms with E-state index >= 15 is 0 Å². The molecule has 0 saturated heterocycles. The van der Waals surface area contributed by atoms with Crippen LogP contribution in [0.2, 0.25) is 0 Å². The summed E-state index contributed by atoms with van der Waals surface area (Å²) >= 11 is 1.24. The van der Waals surface area contributed by atoms with Gasteiger partial charge in [0, 0.05) is 24.1 Å². The molecule has 2 aromatic carbocycles. The predicted molar refractivity (Wildman–Crippen MR) is 126 cm³/mol. The Morgan fingerprint density at radius 3 is 2.55 bits per heavy atom. The highest BCUT2D eigenvalue weighted by Crippen LogP contribution is 2.39. The fourth-order valence-electron chi connectivity index (χ4n) is 4.27. The fraction of sp³-hybridized carbons (Fsp3) is 0.391. The Morgan fingerprint density at radius 2 is 1.85 bits per heavy atom. The molecule has 1 heterocycles. The quantitative estimate of drug-likeness (QED) is 0.355. The molecule has 9 nitrogen and oxygen atoms in total. The van der Waals surface area contributed by atoms with Gasteiger partial charge in [0.05, 0.1) is 16.5 Å². The molecule has 10 heteroatoms. The fourth-order valence-corrected chi connectivity index (χ4v) is 5.22. The zero-order valence-electron chi connectivity index (χ0n) is 18.0. The van der Waals surface area contributed by atoms with Crippen molar-refractivity contribution in [1.29, 1.82) is 0 Å². The Labute approximate surface area is 196 Å². The first-order valence-corrected chi connectivity index (χ1v) is 12.1. The molecule has 1 N–H and O–H groups in total. The van der Waals surface area contributed by atoms with Crippen LogP contribution in [0.4, 0.5) is 11.4 Å². The zero-order chi connectivity index (χ0) is 22.8. The van der Waals surface area contributed by atoms with Crippen LogP contribution in [0, 0.1) is 10.1 Å². The number of aromatic nitrogens is 4. The molecule has 0 bridgehead atoms. The third-order valence-electron chi connectivity index (χ3n) is 6.22. The summed E-state index contributed by atoms with van der Waals surface area (Å²) in [5, 5.41) is 26.6. The molecular weight excluding hydrogens is 440 g/mol. The summed E-state index contributed by atoms with van der Waals surface area (Å²) in [5.74, 6) is 0.178. The number of hydrogen-bond acceptors (Lipinski definition) is 7. The number of carbonyl (C=O) groups excluding carboxylic acids is 1. The summed E-state index contributed by atoms with van der Waals surface area (Å²) in [6.07, 6.45) is 8.29. The summed E-state index contributed by atoms with van der Waals surface area (Å²) in [5.41, 5.74) is 2.03. The van der Waals surface area contributed by atoms with Gasteiger partial charge in [0.2, 0.25) is 5.16 Å². The number of benzene rings is 2. The number of tetrazole rings is 1. The van der Waals surface area contributed by atoms with Crippen LogP contribution in [0.15, 0.2) is 52.5 Å². The van der Waals surface area contributed by atoms with Gasteiger partial charge in [0.15, 0.2) is 0 Å². The van der Waals surface area contributed by atoms with E-state index in [1.54, 1.807) is 10.7 Å². The van der Waals surface area contributed by atoms with Crippen LogP contribution in [0.1, 0.15) is 74.3 Å². The third-order valence-corrected chi connectivity index (χ3v) is 7.25. The van der Waals surface area contributed by atoms with Gasteiger partial charge in [-0.15, -0.1) is 5.10 Å². The van der Waals surface area contributed by atoms with Crippen LogP contribution in [0.5, 0.6) is 0 Å². The van der Waals surface area contributed by atoms with Crippen LogP contribution < -0.4 is 5.32 Å². The standard InChI is InChI=1S/C23H24N6O3S.H2/c30-22(24-17-8-6-16(7-9-17)15-4-2-1-3-5-15)20-14-19(29(31)32)12-13-21(20)33-23-25-26-27-28(23)18-10-11-18;/h6-9,12-15,18H,1-5,10-11H2,(H,24,30);1H. The Morgan fingerprint density at radius 1 is 1.09 bits per heavy atom. The Hall–Kier alpha value is -3.27. The van der Waals surface area contributed by atoms with Gasteiger partial charge in [-0.3, -0.25) is 14.9 Å². The van der Waals surface area contributed by atoms with Gasteiger partial charge in [-0.25, -0.2) is 4.68 Å². The Kier molecular flexibility index (Phi) is 6.08. The Bertz CT molecular complexity index is 1180. The molecule has 1 aromatic heterocycles. The van der Waals surface area contributed by atoms with E-state index < -0.39 is 10.8 Å². The van der Waals surface area contributed by atoms with Crippen molar-refractivity contribution < 1.29 is 11.1 Å². The second-order valence-corrected chi connectivity index (χ2v) is 9.60. The first kappa shape index (κ1) is 21.6. The minimum Gasteiger partial charge on any atom is -0.322 e. The highest BCUT2D eigenvalue weighted by atomic mass is 32.2. The van der Waals surface area contributed by atoms with Gasteiger partial charge in [0.25, 0.3) is 11.6 Å². The average Bonchev–Trinajstić information content (AvgIpc) is 3.58. The maximum absolute atomic E-state index is 13.2. The smallest absolute Gasteiger partial charge is 0.270 e. The van der Waals surface area contributed by atoms with Crippen LogP contribution in [-0.4, -0.2) is 31.0 Å². The highest BCUT2D eigenvalue weighted by Gasteiger charge is 2.29. The van der Waals surface area contributed by atoms with Gasteiger partial charge in [-0.2, -0.15) is 0 Å². The van der Waals surface area contributed by atoms with Crippen molar-refractivity contribution in [3.8, 4) is 0 Å². The van der Waals surface area contributed by atoms with Crippen molar-refractivity contribution in [2.75, 3.05) is 5.32 Å². The van der Waals surface area contributed by atoms with Gasteiger partial charge in [-0.1, -0.05) is 31.4 Å². The SMILES string of the molecule is O=C(Nc1ccc(C2CCCCC2)cc1)c1cc([N+](=O)[O-])ccc1Sc1nnnn1C1CC1.[HH]. The average molecular weight is 467 g/mol. The number of nitrogens with one attached hydrogen (secondary N) is 1. The van der Waals surface area contributed by atoms with Crippen molar-refractivity contribution in [1.82, 2.24) is 20.2 Å². The molecule has 172 valence electrons. The summed E-state index contributed by atoms with van der Waals surface area (Å²) in [4.78, 5) is 24.5. The second kappa shape index (κ2) is 9.30. The molecule has 0 aliphatic heterocycles. The second-order valence-electron chi connectivity index (χ2n) is 8.59. The molecule has 0 unspecified atom stereocenters. The first-order chi connectivity index (χ1) is 16.1. The molecule has 2 aliphatic rings. The maximum Gasteiger partial charge on any atom is 0.270 e. The number of non-ortho nitro benzene ring substituents is 1. The van der Waals surface area contributed by atoms with E-state index in [2.05, 4.69) is 33.0 Å². The number of amides is 1. The molecule has 2 fully saturated rings. The molecule has 2 aliphatic carbocycles. The molecule has 0 radical (unpaired) electrons. The molecular formula is C23H26N6O3S. The molecule has 0 atom stereocenters. The van der Waals surface area contributed by atoms with Crippen molar-refractivity contribution in [2.24, 2.45) is 0 Å². The van der Waals surface area contributed by atoms with Crippen LogP contribution in [0.25, 0.3) is 0 Å². The maximum atomic E-state index is 13.2. The van der Waals surface area contributed by atoms with Crippen molar-refractivity contribution in [3.05, 3.63) is 63.7 Å². The van der Waals surface area contributed by atoms with Crippen LogP contribution >= 0.6 is 11.8 Å². The number of nitro benzene ring substituents is 1. The van der Waals surface area contributed by atoms with Gasteiger partial charge in [0.1, 0.15) is 0 Å². The van der Waals surface area contributed by atoms with Gasteiger partial charge < -0.3 is 5.32 Å².